The average Bonchev–Trinajstić information content (AvgIpc) is 2.81. The summed E-state index contributed by atoms with van der Waals surface area (Å²) in [5, 5.41) is 0. The zero-order valence-corrected chi connectivity index (χ0v) is 15.1. The van der Waals surface area contributed by atoms with Crippen molar-refractivity contribution in [3.8, 4) is 0 Å². The fraction of sp³-hybridized carbons (Fsp3) is 0.556. The summed E-state index contributed by atoms with van der Waals surface area (Å²) >= 11 is 0. The number of hydrogen-bond acceptors (Lipinski definition) is 4. The summed E-state index contributed by atoms with van der Waals surface area (Å²) in [4.78, 5) is 30.3. The summed E-state index contributed by atoms with van der Waals surface area (Å²) in [5.41, 5.74) is 0.631. The first-order valence-electron chi connectivity index (χ1n) is 8.41. The second-order valence-electron chi connectivity index (χ2n) is 6.41. The van der Waals surface area contributed by atoms with Gasteiger partial charge in [-0.15, -0.1) is 0 Å². The fourth-order valence-electron chi connectivity index (χ4n) is 3.11. The van der Waals surface area contributed by atoms with E-state index in [0.29, 0.717) is 38.2 Å². The van der Waals surface area contributed by atoms with E-state index in [1.165, 1.54) is 19.2 Å². The van der Waals surface area contributed by atoms with Crippen LogP contribution >= 0.6 is 0 Å². The van der Waals surface area contributed by atoms with Gasteiger partial charge >= 0.3 is 0 Å². The van der Waals surface area contributed by atoms with Crippen LogP contribution < -0.4 is 0 Å². The quantitative estimate of drug-likeness (QED) is 0.798. The van der Waals surface area contributed by atoms with E-state index < -0.39 is 6.04 Å². The molecule has 1 fully saturated rings. The number of ether oxygens (including phenoxy) is 1. The monoisotopic (exact) mass is 351 g/mol. The largest absolute Gasteiger partial charge is 0.375 e. The fourth-order valence-corrected chi connectivity index (χ4v) is 3.11. The number of carbonyl (C=O) groups excluding carboxylic acids is 2. The van der Waals surface area contributed by atoms with E-state index >= 15 is 0 Å². The standard InChI is InChI=1S/C18H26FN3O3/c1-20(2)17(14-6-4-7-15(19)12-14)18(24)22-9-5-8-21(10-11-22)16(23)13-25-3/h4,6-7,12,17H,5,8-11,13H2,1-3H3. The van der Waals surface area contributed by atoms with E-state index in [-0.39, 0.29) is 24.2 Å². The lowest BCUT2D eigenvalue weighted by Gasteiger charge is -2.30. The molecule has 1 aromatic rings. The van der Waals surface area contributed by atoms with E-state index in [0.717, 1.165) is 0 Å². The maximum atomic E-state index is 13.6. The first kappa shape index (κ1) is 19.3. The van der Waals surface area contributed by atoms with Gasteiger partial charge in [0, 0.05) is 33.3 Å². The van der Waals surface area contributed by atoms with Gasteiger partial charge in [-0.2, -0.15) is 0 Å². The number of rotatable bonds is 5. The van der Waals surface area contributed by atoms with E-state index in [1.54, 1.807) is 40.9 Å². The predicted octanol–water partition coefficient (Wildman–Crippen LogP) is 1.14. The molecule has 0 spiro atoms. The van der Waals surface area contributed by atoms with Gasteiger partial charge < -0.3 is 14.5 Å². The Morgan fingerprint density at radius 1 is 1.20 bits per heavy atom. The third-order valence-corrected chi connectivity index (χ3v) is 4.34. The lowest BCUT2D eigenvalue weighted by atomic mass is 10.0. The lowest BCUT2D eigenvalue weighted by Crippen LogP contribution is -2.43. The van der Waals surface area contributed by atoms with Crippen molar-refractivity contribution in [2.75, 3.05) is 54.0 Å². The van der Waals surface area contributed by atoms with E-state index in [2.05, 4.69) is 0 Å². The third kappa shape index (κ3) is 4.99. The molecule has 0 saturated carbocycles. The van der Waals surface area contributed by atoms with Crippen molar-refractivity contribution in [1.82, 2.24) is 14.7 Å². The predicted molar refractivity (Wildman–Crippen MR) is 92.5 cm³/mol. The van der Waals surface area contributed by atoms with E-state index in [9.17, 15) is 14.0 Å². The Bertz CT molecular complexity index is 609. The number of halogens is 1. The molecule has 2 rings (SSSR count). The molecule has 138 valence electrons. The van der Waals surface area contributed by atoms with E-state index in [1.807, 2.05) is 0 Å². The molecule has 1 unspecified atom stereocenters. The zero-order chi connectivity index (χ0) is 18.4. The molecule has 1 saturated heterocycles. The molecule has 1 aromatic carbocycles. The van der Waals surface area contributed by atoms with Crippen LogP contribution in [0.25, 0.3) is 0 Å². The molecular formula is C18H26FN3O3. The molecule has 6 nitrogen and oxygen atoms in total. The van der Waals surface area contributed by atoms with Crippen molar-refractivity contribution >= 4 is 11.8 Å². The second kappa shape index (κ2) is 8.92. The van der Waals surface area contributed by atoms with E-state index in [4.69, 9.17) is 4.74 Å². The third-order valence-electron chi connectivity index (χ3n) is 4.34. The first-order chi connectivity index (χ1) is 11.9. The average molecular weight is 351 g/mol. The minimum Gasteiger partial charge on any atom is -0.375 e. The Morgan fingerprint density at radius 3 is 2.52 bits per heavy atom. The summed E-state index contributed by atoms with van der Waals surface area (Å²) < 4.78 is 18.5. The van der Waals surface area contributed by atoms with Gasteiger partial charge in [0.05, 0.1) is 0 Å². The maximum Gasteiger partial charge on any atom is 0.248 e. The number of likely N-dealkylation sites (N-methyl/N-ethyl adjacent to an activating group) is 1. The van der Waals surface area contributed by atoms with Crippen molar-refractivity contribution < 1.29 is 18.7 Å². The van der Waals surface area contributed by atoms with Crippen molar-refractivity contribution in [3.05, 3.63) is 35.6 Å². The minimum absolute atomic E-state index is 0.0531. The molecule has 7 heteroatoms. The van der Waals surface area contributed by atoms with Crippen LogP contribution in [0, 0.1) is 5.82 Å². The molecule has 0 aliphatic carbocycles. The van der Waals surface area contributed by atoms with Crippen molar-refractivity contribution in [3.63, 3.8) is 0 Å². The summed E-state index contributed by atoms with van der Waals surface area (Å²) in [6, 6.07) is 5.60. The summed E-state index contributed by atoms with van der Waals surface area (Å²) in [7, 11) is 5.10. The highest BCUT2D eigenvalue weighted by atomic mass is 19.1. The van der Waals surface area contributed by atoms with Gasteiger partial charge in [0.25, 0.3) is 0 Å². The topological polar surface area (TPSA) is 53.1 Å². The summed E-state index contributed by atoms with van der Waals surface area (Å²) in [5.74, 6) is -0.493. The number of hydrogen-bond donors (Lipinski definition) is 0. The number of nitrogens with zero attached hydrogens (tertiary/aromatic N) is 3. The molecule has 1 atom stereocenters. The highest BCUT2D eigenvalue weighted by molar-refractivity contribution is 5.83. The van der Waals surface area contributed by atoms with Crippen LogP contribution in [0.3, 0.4) is 0 Å². The molecule has 1 heterocycles. The molecule has 1 aliphatic heterocycles. The second-order valence-corrected chi connectivity index (χ2v) is 6.41. The van der Waals surface area contributed by atoms with Crippen LogP contribution in [0.2, 0.25) is 0 Å². The van der Waals surface area contributed by atoms with Crippen LogP contribution in [-0.2, 0) is 14.3 Å². The summed E-state index contributed by atoms with van der Waals surface area (Å²) in [6.07, 6.45) is 0.713. The van der Waals surface area contributed by atoms with Crippen LogP contribution in [0.1, 0.15) is 18.0 Å². The first-order valence-corrected chi connectivity index (χ1v) is 8.41. The Morgan fingerprint density at radius 2 is 1.88 bits per heavy atom. The van der Waals surface area contributed by atoms with Crippen molar-refractivity contribution in [2.24, 2.45) is 0 Å². The molecule has 25 heavy (non-hydrogen) atoms. The van der Waals surface area contributed by atoms with Crippen LogP contribution in [0.4, 0.5) is 4.39 Å². The highest BCUT2D eigenvalue weighted by Crippen LogP contribution is 2.22. The Hall–Kier alpha value is -1.99. The molecule has 0 radical (unpaired) electrons. The molecule has 0 bridgehead atoms. The number of benzene rings is 1. The minimum atomic E-state index is -0.545. The van der Waals surface area contributed by atoms with Gasteiger partial charge in [-0.3, -0.25) is 14.5 Å². The molecule has 2 amide bonds. The van der Waals surface area contributed by atoms with Gasteiger partial charge in [0.1, 0.15) is 18.5 Å². The zero-order valence-electron chi connectivity index (χ0n) is 15.1. The highest BCUT2D eigenvalue weighted by Gasteiger charge is 2.30. The Balaban J connectivity index is 2.10. The van der Waals surface area contributed by atoms with Gasteiger partial charge in [-0.25, -0.2) is 4.39 Å². The Kier molecular flexibility index (Phi) is 6.90. The van der Waals surface area contributed by atoms with Crippen LogP contribution in [0.15, 0.2) is 24.3 Å². The molecule has 0 N–H and O–H groups in total. The number of amides is 2. The molecule has 0 aromatic heterocycles. The van der Waals surface area contributed by atoms with Crippen LogP contribution in [0.5, 0.6) is 0 Å². The maximum absolute atomic E-state index is 13.6. The summed E-state index contributed by atoms with van der Waals surface area (Å²) in [6.45, 7) is 2.19. The van der Waals surface area contributed by atoms with Gasteiger partial charge in [-0.1, -0.05) is 12.1 Å². The van der Waals surface area contributed by atoms with Crippen molar-refractivity contribution in [1.29, 1.82) is 0 Å². The molecular weight excluding hydrogens is 325 g/mol. The van der Waals surface area contributed by atoms with Crippen molar-refractivity contribution in [2.45, 2.75) is 12.5 Å². The van der Waals surface area contributed by atoms with Gasteiger partial charge in [0.2, 0.25) is 11.8 Å². The normalized spacial score (nSPS) is 16.7. The van der Waals surface area contributed by atoms with Gasteiger partial charge in [-0.05, 0) is 38.2 Å². The number of methoxy groups -OCH3 is 1. The SMILES string of the molecule is COCC(=O)N1CCCN(C(=O)C(c2cccc(F)c2)N(C)C)CC1. The number of carbonyl (C=O) groups is 2. The van der Waals surface area contributed by atoms with Crippen LogP contribution in [-0.4, -0.2) is 80.5 Å². The smallest absolute Gasteiger partial charge is 0.248 e. The lowest BCUT2D eigenvalue weighted by molar-refractivity contribution is -0.138. The Labute approximate surface area is 148 Å². The van der Waals surface area contributed by atoms with Gasteiger partial charge in [0.15, 0.2) is 0 Å². The molecule has 1 aliphatic rings.